The van der Waals surface area contributed by atoms with E-state index in [-0.39, 0.29) is 11.4 Å². The summed E-state index contributed by atoms with van der Waals surface area (Å²) < 4.78 is 25.0. The zero-order valence-corrected chi connectivity index (χ0v) is 11.4. The van der Waals surface area contributed by atoms with Crippen LogP contribution in [0.4, 0.5) is 31.5 Å². The van der Waals surface area contributed by atoms with Crippen LogP contribution >= 0.6 is 11.8 Å². The Bertz CT molecular complexity index is 668. The average Bonchev–Trinajstić information content (AvgIpc) is 2.42. The molecule has 0 radical (unpaired) electrons. The van der Waals surface area contributed by atoms with E-state index in [2.05, 4.69) is 5.32 Å². The average molecular weight is 311 g/mol. The summed E-state index contributed by atoms with van der Waals surface area (Å²) in [6.07, 6.45) is 0. The van der Waals surface area contributed by atoms with Crippen molar-refractivity contribution in [1.82, 2.24) is 0 Å². The molecule has 110 valence electrons. The molecule has 5 nitrogen and oxygen atoms in total. The van der Waals surface area contributed by atoms with Gasteiger partial charge in [0, 0.05) is 17.0 Å². The molecule has 0 aliphatic rings. The van der Waals surface area contributed by atoms with Gasteiger partial charge in [-0.05, 0) is 18.2 Å². The molecule has 2 rings (SSSR count). The second-order valence-corrected chi connectivity index (χ2v) is 5.06. The van der Waals surface area contributed by atoms with Crippen LogP contribution in [0.1, 0.15) is 0 Å². The minimum absolute atomic E-state index is 0.131. The summed E-state index contributed by atoms with van der Waals surface area (Å²) in [5, 5.41) is 13.6. The van der Waals surface area contributed by atoms with Crippen molar-refractivity contribution < 1.29 is 13.7 Å². The predicted octanol–water partition coefficient (Wildman–Crippen LogP) is 4.24. The maximum absolute atomic E-state index is 12.5. The summed E-state index contributed by atoms with van der Waals surface area (Å²) in [6.45, 7) is 0. The summed E-state index contributed by atoms with van der Waals surface area (Å²) in [4.78, 5) is 10.5. The number of benzene rings is 2. The fourth-order valence-corrected chi connectivity index (χ4v) is 2.29. The van der Waals surface area contributed by atoms with Gasteiger partial charge in [0.05, 0.1) is 22.0 Å². The molecular weight excluding hydrogens is 300 g/mol. The van der Waals surface area contributed by atoms with Crippen LogP contribution in [0.3, 0.4) is 0 Å². The van der Waals surface area contributed by atoms with Gasteiger partial charge in [-0.15, -0.1) is 0 Å². The number of thioether (sulfide) groups is 1. The van der Waals surface area contributed by atoms with E-state index in [9.17, 15) is 18.9 Å². The number of halogens is 2. The molecule has 0 heterocycles. The number of hydrogen-bond acceptors (Lipinski definition) is 5. The number of nitro groups is 1. The van der Waals surface area contributed by atoms with E-state index in [0.29, 0.717) is 28.0 Å². The lowest BCUT2D eigenvalue weighted by molar-refractivity contribution is -0.384. The van der Waals surface area contributed by atoms with Crippen LogP contribution in [0, 0.1) is 10.1 Å². The lowest BCUT2D eigenvalue weighted by Crippen LogP contribution is -1.99. The first-order valence-electron chi connectivity index (χ1n) is 5.82. The Kier molecular flexibility index (Phi) is 4.59. The van der Waals surface area contributed by atoms with Crippen LogP contribution in [-0.4, -0.2) is 10.7 Å². The van der Waals surface area contributed by atoms with Gasteiger partial charge in [-0.25, -0.2) is 0 Å². The van der Waals surface area contributed by atoms with E-state index in [1.54, 1.807) is 24.3 Å². The van der Waals surface area contributed by atoms with Crippen LogP contribution in [-0.2, 0) is 0 Å². The zero-order chi connectivity index (χ0) is 15.4. The van der Waals surface area contributed by atoms with Gasteiger partial charge in [-0.3, -0.25) is 10.1 Å². The molecule has 0 saturated carbocycles. The number of nitrogens with zero attached hydrogens (tertiary/aromatic N) is 1. The van der Waals surface area contributed by atoms with Gasteiger partial charge in [0.25, 0.3) is 11.4 Å². The van der Waals surface area contributed by atoms with Crippen LogP contribution in [0.5, 0.6) is 0 Å². The number of hydrogen-bond donors (Lipinski definition) is 2. The first-order valence-corrected chi connectivity index (χ1v) is 6.70. The minimum atomic E-state index is -2.54. The third kappa shape index (κ3) is 3.82. The fourth-order valence-electron chi connectivity index (χ4n) is 1.69. The molecule has 0 bridgehead atoms. The Morgan fingerprint density at radius 1 is 1.19 bits per heavy atom. The van der Waals surface area contributed by atoms with Crippen molar-refractivity contribution in [3.63, 3.8) is 0 Å². The van der Waals surface area contributed by atoms with E-state index in [1.807, 2.05) is 0 Å². The van der Waals surface area contributed by atoms with E-state index < -0.39 is 10.7 Å². The monoisotopic (exact) mass is 311 g/mol. The summed E-state index contributed by atoms with van der Waals surface area (Å²) in [5.74, 6) is -2.54. The van der Waals surface area contributed by atoms with Gasteiger partial charge in [-0.1, -0.05) is 23.9 Å². The number of rotatable bonds is 5. The molecule has 0 fully saturated rings. The smallest absolute Gasteiger partial charge is 0.288 e. The maximum Gasteiger partial charge on any atom is 0.288 e. The first-order chi connectivity index (χ1) is 9.97. The highest BCUT2D eigenvalue weighted by atomic mass is 32.2. The third-order valence-corrected chi connectivity index (χ3v) is 3.41. The van der Waals surface area contributed by atoms with Crippen molar-refractivity contribution in [3.8, 4) is 0 Å². The lowest BCUT2D eigenvalue weighted by atomic mass is 10.2. The third-order valence-electron chi connectivity index (χ3n) is 2.62. The van der Waals surface area contributed by atoms with Crippen LogP contribution < -0.4 is 11.1 Å². The van der Waals surface area contributed by atoms with Gasteiger partial charge >= 0.3 is 0 Å². The molecule has 0 aliphatic carbocycles. The molecule has 21 heavy (non-hydrogen) atoms. The molecular formula is C13H11F2N3O2S. The summed E-state index contributed by atoms with van der Waals surface area (Å²) in [7, 11) is 0. The van der Waals surface area contributed by atoms with E-state index in [0.717, 1.165) is 0 Å². The molecule has 8 heteroatoms. The summed E-state index contributed by atoms with van der Waals surface area (Å²) >= 11 is 0.413. The van der Waals surface area contributed by atoms with Crippen molar-refractivity contribution in [2.75, 3.05) is 11.1 Å². The van der Waals surface area contributed by atoms with Gasteiger partial charge in [0.1, 0.15) is 0 Å². The predicted molar refractivity (Wildman–Crippen MR) is 79.1 cm³/mol. The number of alkyl halides is 2. The second kappa shape index (κ2) is 6.40. The van der Waals surface area contributed by atoms with E-state index in [4.69, 9.17) is 5.73 Å². The molecule has 0 atom stereocenters. The van der Waals surface area contributed by atoms with Crippen molar-refractivity contribution >= 4 is 34.5 Å². The largest absolute Gasteiger partial charge is 0.397 e. The number of nitrogens with two attached hydrogens (primary N) is 1. The van der Waals surface area contributed by atoms with Gasteiger partial charge in [0.2, 0.25) is 0 Å². The van der Waals surface area contributed by atoms with Crippen molar-refractivity contribution in [2.45, 2.75) is 10.7 Å². The second-order valence-electron chi connectivity index (χ2n) is 4.03. The molecule has 0 saturated heterocycles. The van der Waals surface area contributed by atoms with Crippen LogP contribution in [0.25, 0.3) is 0 Å². The number of non-ortho nitro benzene ring substituents is 1. The Morgan fingerprint density at radius 2 is 1.90 bits per heavy atom. The SMILES string of the molecule is Nc1cc([N+](=O)[O-])ccc1Nc1ccccc1SC(F)F. The molecule has 0 amide bonds. The van der Waals surface area contributed by atoms with Gasteiger partial charge < -0.3 is 11.1 Å². The molecule has 2 aromatic carbocycles. The number of anilines is 3. The number of nitrogen functional groups attached to an aromatic ring is 1. The highest BCUT2D eigenvalue weighted by Crippen LogP contribution is 2.35. The molecule has 0 aromatic heterocycles. The Labute approximate surface area is 123 Å². The normalized spacial score (nSPS) is 10.6. The first kappa shape index (κ1) is 15.0. The Hall–Kier alpha value is -2.35. The topological polar surface area (TPSA) is 81.2 Å². The van der Waals surface area contributed by atoms with Crippen molar-refractivity contribution in [2.24, 2.45) is 0 Å². The highest BCUT2D eigenvalue weighted by Gasteiger charge is 2.12. The summed E-state index contributed by atoms with van der Waals surface area (Å²) in [6, 6.07) is 10.5. The van der Waals surface area contributed by atoms with E-state index >= 15 is 0 Å². The minimum Gasteiger partial charge on any atom is -0.397 e. The van der Waals surface area contributed by atoms with Gasteiger partial charge in [0.15, 0.2) is 0 Å². The van der Waals surface area contributed by atoms with E-state index in [1.165, 1.54) is 18.2 Å². The molecule has 2 aromatic rings. The van der Waals surface area contributed by atoms with Gasteiger partial charge in [-0.2, -0.15) is 8.78 Å². The summed E-state index contributed by atoms with van der Waals surface area (Å²) in [5.41, 5.74) is 6.65. The number of nitrogens with one attached hydrogen (secondary N) is 1. The molecule has 0 unspecified atom stereocenters. The number of para-hydroxylation sites is 1. The highest BCUT2D eigenvalue weighted by molar-refractivity contribution is 7.99. The molecule has 3 N–H and O–H groups in total. The molecule has 0 spiro atoms. The number of nitro benzene ring substituents is 1. The van der Waals surface area contributed by atoms with Crippen LogP contribution in [0.2, 0.25) is 0 Å². The van der Waals surface area contributed by atoms with Crippen LogP contribution in [0.15, 0.2) is 47.4 Å². The fraction of sp³-hybridized carbons (Fsp3) is 0.0769. The zero-order valence-electron chi connectivity index (χ0n) is 10.6. The van der Waals surface area contributed by atoms with Crippen molar-refractivity contribution in [1.29, 1.82) is 0 Å². The standard InChI is InChI=1S/C13H11F2N3O2S/c14-13(15)21-12-4-2-1-3-11(12)17-10-6-5-8(18(19)20)7-9(10)16/h1-7,13,17H,16H2. The lowest BCUT2D eigenvalue weighted by Gasteiger charge is -2.13. The Morgan fingerprint density at radius 3 is 2.52 bits per heavy atom. The Balaban J connectivity index is 2.28. The maximum atomic E-state index is 12.5. The van der Waals surface area contributed by atoms with Crippen molar-refractivity contribution in [3.05, 3.63) is 52.6 Å². The molecule has 0 aliphatic heterocycles. The quantitative estimate of drug-likeness (QED) is 0.374.